The number of methoxy groups -OCH3 is 1. The molecule has 1 aliphatic heterocycles. The number of hydrogen-bond donors (Lipinski definition) is 1. The quantitative estimate of drug-likeness (QED) is 0.562. The molecule has 2 fully saturated rings. The van der Waals surface area contributed by atoms with Crippen LogP contribution in [0.4, 0.5) is 15.8 Å². The van der Waals surface area contributed by atoms with Crippen LogP contribution in [0.1, 0.15) is 43.1 Å². The van der Waals surface area contributed by atoms with Gasteiger partial charge in [-0.25, -0.2) is 4.79 Å². The number of carboxylic acids is 1. The molecule has 1 saturated heterocycles. The maximum atomic E-state index is 15.7. The second-order valence-corrected chi connectivity index (χ2v) is 8.00. The van der Waals surface area contributed by atoms with Crippen LogP contribution in [0.25, 0.3) is 10.9 Å². The second-order valence-electron chi connectivity index (χ2n) is 8.00. The fourth-order valence-electron chi connectivity index (χ4n) is 4.32. The van der Waals surface area contributed by atoms with Crippen molar-refractivity contribution in [3.8, 4) is 5.75 Å². The normalized spacial score (nSPS) is 21.4. The van der Waals surface area contributed by atoms with Crippen molar-refractivity contribution < 1.29 is 28.7 Å². The topological polar surface area (TPSA) is 124 Å². The molecule has 1 saturated carbocycles. The minimum absolute atomic E-state index is 0.0275. The van der Waals surface area contributed by atoms with Crippen molar-refractivity contribution in [2.45, 2.75) is 44.9 Å². The summed E-state index contributed by atoms with van der Waals surface area (Å²) in [5, 5.41) is 20.8. The van der Waals surface area contributed by atoms with E-state index in [0.717, 1.165) is 0 Å². The number of pyridine rings is 1. The fourth-order valence-corrected chi connectivity index (χ4v) is 4.32. The molecule has 1 aliphatic carbocycles. The molecule has 0 spiro atoms. The molecule has 0 bridgehead atoms. The van der Waals surface area contributed by atoms with Gasteiger partial charge in [0.2, 0.25) is 11.2 Å². The highest BCUT2D eigenvalue weighted by Crippen LogP contribution is 2.47. The van der Waals surface area contributed by atoms with E-state index in [9.17, 15) is 24.8 Å². The summed E-state index contributed by atoms with van der Waals surface area (Å²) in [5.74, 6) is -2.78. The van der Waals surface area contributed by atoms with E-state index in [1.807, 2.05) is 13.8 Å². The van der Waals surface area contributed by atoms with E-state index in [0.29, 0.717) is 12.8 Å². The summed E-state index contributed by atoms with van der Waals surface area (Å²) in [5.41, 5.74) is -2.89. The van der Waals surface area contributed by atoms with Gasteiger partial charge < -0.3 is 24.0 Å². The number of aromatic carboxylic acids is 1. The zero-order valence-corrected chi connectivity index (χ0v) is 17.3. The third-order valence-corrected chi connectivity index (χ3v) is 5.61. The van der Waals surface area contributed by atoms with E-state index in [1.165, 1.54) is 17.9 Å². The summed E-state index contributed by atoms with van der Waals surface area (Å²) in [6.45, 7) is 4.14. The van der Waals surface area contributed by atoms with Gasteiger partial charge in [-0.3, -0.25) is 14.9 Å². The lowest BCUT2D eigenvalue weighted by Gasteiger charge is -2.37. The van der Waals surface area contributed by atoms with Crippen LogP contribution in [0.3, 0.4) is 0 Å². The number of carbonyl (C=O) groups is 1. The van der Waals surface area contributed by atoms with Crippen molar-refractivity contribution in [1.82, 2.24) is 4.57 Å². The number of ether oxygens (including phenoxy) is 2. The van der Waals surface area contributed by atoms with Crippen LogP contribution >= 0.6 is 0 Å². The lowest BCUT2D eigenvalue weighted by Crippen LogP contribution is -2.46. The lowest BCUT2D eigenvalue weighted by atomic mass is 10.0. The summed E-state index contributed by atoms with van der Waals surface area (Å²) in [6, 6.07) is -0.157. The molecule has 1 N–H and O–H groups in total. The van der Waals surface area contributed by atoms with Crippen LogP contribution in [-0.4, -0.2) is 53.0 Å². The van der Waals surface area contributed by atoms with Crippen molar-refractivity contribution in [1.29, 1.82) is 0 Å². The van der Waals surface area contributed by atoms with Crippen LogP contribution in [0.5, 0.6) is 5.75 Å². The van der Waals surface area contributed by atoms with Gasteiger partial charge in [0.25, 0.3) is 0 Å². The summed E-state index contributed by atoms with van der Waals surface area (Å²) in [7, 11) is 1.30. The molecule has 2 atom stereocenters. The van der Waals surface area contributed by atoms with Crippen LogP contribution in [0.15, 0.2) is 11.0 Å². The summed E-state index contributed by atoms with van der Waals surface area (Å²) >= 11 is 0. The first-order valence-electron chi connectivity index (χ1n) is 9.92. The average Bonchev–Trinajstić information content (AvgIpc) is 3.51. The average molecular weight is 435 g/mol. The molecule has 2 heterocycles. The highest BCUT2D eigenvalue weighted by molar-refractivity contribution is 6.02. The molecule has 31 heavy (non-hydrogen) atoms. The Labute approximate surface area is 175 Å². The van der Waals surface area contributed by atoms with E-state index in [2.05, 4.69) is 0 Å². The molecule has 0 amide bonds. The Balaban J connectivity index is 2.16. The second kappa shape index (κ2) is 7.49. The van der Waals surface area contributed by atoms with E-state index in [1.54, 1.807) is 4.90 Å². The number of fused-ring (bicyclic) bond motifs is 1. The molecule has 4 rings (SSSR count). The number of morpholine rings is 1. The van der Waals surface area contributed by atoms with Crippen molar-refractivity contribution in [2.75, 3.05) is 25.1 Å². The fraction of sp³-hybridized carbons (Fsp3) is 0.500. The first-order valence-corrected chi connectivity index (χ1v) is 9.92. The Morgan fingerprint density at radius 2 is 1.94 bits per heavy atom. The minimum Gasteiger partial charge on any atom is -0.492 e. The van der Waals surface area contributed by atoms with Gasteiger partial charge in [0.15, 0.2) is 5.75 Å². The molecule has 2 unspecified atom stereocenters. The van der Waals surface area contributed by atoms with Crippen LogP contribution in [-0.2, 0) is 4.74 Å². The predicted octanol–water partition coefficient (Wildman–Crippen LogP) is 2.70. The zero-order valence-electron chi connectivity index (χ0n) is 17.3. The molecule has 11 heteroatoms. The minimum atomic E-state index is -1.53. The van der Waals surface area contributed by atoms with Gasteiger partial charge >= 0.3 is 11.7 Å². The van der Waals surface area contributed by atoms with E-state index < -0.39 is 38.8 Å². The van der Waals surface area contributed by atoms with Crippen molar-refractivity contribution in [3.05, 3.63) is 37.9 Å². The van der Waals surface area contributed by atoms with E-state index in [4.69, 9.17) is 9.47 Å². The maximum Gasteiger partial charge on any atom is 0.341 e. The highest BCUT2D eigenvalue weighted by Gasteiger charge is 2.39. The Bertz CT molecular complexity index is 1150. The number of carboxylic acid groups (broad SMARTS) is 1. The zero-order chi connectivity index (χ0) is 22.6. The number of hydrogen-bond acceptors (Lipinski definition) is 7. The van der Waals surface area contributed by atoms with Gasteiger partial charge in [-0.2, -0.15) is 4.39 Å². The number of rotatable bonds is 5. The third kappa shape index (κ3) is 3.38. The molecular weight excluding hydrogens is 413 g/mol. The maximum absolute atomic E-state index is 15.7. The molecule has 1 aromatic heterocycles. The Kier molecular flexibility index (Phi) is 5.08. The molecule has 10 nitrogen and oxygen atoms in total. The van der Waals surface area contributed by atoms with Crippen molar-refractivity contribution in [2.24, 2.45) is 0 Å². The van der Waals surface area contributed by atoms with Crippen LogP contribution < -0.4 is 15.1 Å². The predicted molar refractivity (Wildman–Crippen MR) is 109 cm³/mol. The Morgan fingerprint density at radius 1 is 1.32 bits per heavy atom. The number of nitrogens with zero attached hydrogens (tertiary/aromatic N) is 3. The van der Waals surface area contributed by atoms with Crippen LogP contribution in [0, 0.1) is 15.9 Å². The third-order valence-electron chi connectivity index (χ3n) is 5.61. The van der Waals surface area contributed by atoms with Gasteiger partial charge in [-0.05, 0) is 26.7 Å². The number of aromatic nitrogens is 1. The molecule has 0 radical (unpaired) electrons. The highest BCUT2D eigenvalue weighted by atomic mass is 19.1. The molecule has 2 aromatic rings. The monoisotopic (exact) mass is 435 g/mol. The number of halogens is 1. The summed E-state index contributed by atoms with van der Waals surface area (Å²) < 4.78 is 28.4. The number of anilines is 1. The SMILES string of the molecule is COc1c(N2CC(C)OC(C)C2)c(F)c([N+](=O)[O-])c2c(=O)c(C(=O)O)cn(C3CC3)c12. The summed E-state index contributed by atoms with van der Waals surface area (Å²) in [6.07, 6.45) is 2.05. The smallest absolute Gasteiger partial charge is 0.341 e. The van der Waals surface area contributed by atoms with Gasteiger partial charge in [0, 0.05) is 25.3 Å². The number of nitro groups is 1. The van der Waals surface area contributed by atoms with Gasteiger partial charge in [0.05, 0.1) is 24.2 Å². The standard InChI is InChI=1S/C20H22FN3O7/c1-9-6-22(7-10(2)31-9)17-14(21)15(24(28)29)13-16(19(17)30-3)23(11-4-5-11)8-12(18(13)25)20(26)27/h8-11H,4-7H2,1-3H3,(H,26,27). The first-order chi connectivity index (χ1) is 14.6. The Morgan fingerprint density at radius 3 is 2.42 bits per heavy atom. The molecule has 166 valence electrons. The largest absolute Gasteiger partial charge is 0.492 e. The Hall–Kier alpha value is -3.21. The molecule has 1 aromatic carbocycles. The van der Waals surface area contributed by atoms with Gasteiger partial charge in [0.1, 0.15) is 22.2 Å². The van der Waals surface area contributed by atoms with E-state index >= 15 is 4.39 Å². The number of nitro benzene ring substituents is 1. The number of benzene rings is 1. The lowest BCUT2D eigenvalue weighted by molar-refractivity contribution is -0.385. The van der Waals surface area contributed by atoms with E-state index in [-0.39, 0.29) is 48.3 Å². The van der Waals surface area contributed by atoms with Crippen LogP contribution in [0.2, 0.25) is 0 Å². The van der Waals surface area contributed by atoms with Gasteiger partial charge in [-0.1, -0.05) is 0 Å². The molecular formula is C20H22FN3O7. The molecule has 2 aliphatic rings. The van der Waals surface area contributed by atoms with Gasteiger partial charge in [-0.15, -0.1) is 0 Å². The van der Waals surface area contributed by atoms with Crippen molar-refractivity contribution in [3.63, 3.8) is 0 Å². The first kappa shape index (κ1) is 21.0. The van der Waals surface area contributed by atoms with Crippen molar-refractivity contribution >= 4 is 28.2 Å². The summed E-state index contributed by atoms with van der Waals surface area (Å²) in [4.78, 5) is 37.1.